The Morgan fingerprint density at radius 1 is 0.914 bits per heavy atom. The van der Waals surface area contributed by atoms with Gasteiger partial charge < -0.3 is 20.7 Å². The number of nitrogens with one attached hydrogen (secondary N) is 3. The van der Waals surface area contributed by atoms with Crippen molar-refractivity contribution in [2.75, 3.05) is 17.7 Å². The van der Waals surface area contributed by atoms with E-state index in [0.29, 0.717) is 31.0 Å². The number of benzene rings is 2. The van der Waals surface area contributed by atoms with Gasteiger partial charge in [0.1, 0.15) is 23.0 Å². The first-order valence-corrected chi connectivity index (χ1v) is 10.3. The molecule has 184 valence electrons. The Morgan fingerprint density at radius 3 is 2.23 bits per heavy atom. The molecule has 2 aromatic carbocycles. The highest BCUT2D eigenvalue weighted by molar-refractivity contribution is 6.00. The molecule has 0 radical (unpaired) electrons. The summed E-state index contributed by atoms with van der Waals surface area (Å²) < 4.78 is 61.6. The molecule has 0 saturated heterocycles. The molecule has 1 unspecified atom stereocenters. The maximum Gasteiger partial charge on any atom is 0.323 e. The van der Waals surface area contributed by atoms with Crippen molar-refractivity contribution in [3.63, 3.8) is 0 Å². The van der Waals surface area contributed by atoms with Crippen LogP contribution >= 0.6 is 0 Å². The third-order valence-corrected chi connectivity index (χ3v) is 5.12. The van der Waals surface area contributed by atoms with Crippen LogP contribution in [0.1, 0.15) is 29.9 Å². The summed E-state index contributed by atoms with van der Waals surface area (Å²) in [5.74, 6) is -4.26. The van der Waals surface area contributed by atoms with E-state index < -0.39 is 34.7 Å². The van der Waals surface area contributed by atoms with Crippen molar-refractivity contribution in [3.8, 4) is 11.5 Å². The van der Waals surface area contributed by atoms with Crippen molar-refractivity contribution in [3.05, 3.63) is 77.9 Å². The average Bonchev–Trinajstić information content (AvgIpc) is 2.80. The number of nitrogens with zero attached hydrogens (tertiary/aromatic N) is 1. The molecule has 1 heterocycles. The molecule has 3 N–H and O–H groups in total. The van der Waals surface area contributed by atoms with E-state index in [0.717, 1.165) is 18.2 Å². The van der Waals surface area contributed by atoms with E-state index in [-0.39, 0.29) is 11.6 Å². The highest BCUT2D eigenvalue weighted by Crippen LogP contribution is 2.41. The summed E-state index contributed by atoms with van der Waals surface area (Å²) in [7, 11) is 1.48. The lowest BCUT2D eigenvalue weighted by Crippen LogP contribution is -2.36. The van der Waals surface area contributed by atoms with E-state index in [1.165, 1.54) is 43.6 Å². The third kappa shape index (κ3) is 6.05. The molecule has 7 nitrogen and oxygen atoms in total. The van der Waals surface area contributed by atoms with Gasteiger partial charge in [0.25, 0.3) is 11.8 Å². The number of aromatic nitrogens is 1. The maximum absolute atomic E-state index is 14.6. The molecule has 0 aliphatic carbocycles. The first-order valence-electron chi connectivity index (χ1n) is 10.3. The molecular formula is C24H22F4N4O3. The van der Waals surface area contributed by atoms with Crippen molar-refractivity contribution in [2.45, 2.75) is 25.4 Å². The Labute approximate surface area is 198 Å². The fourth-order valence-electron chi connectivity index (χ4n) is 2.92. The number of amides is 3. The highest BCUT2D eigenvalue weighted by atomic mass is 19.3. The zero-order chi connectivity index (χ0) is 25.8. The van der Waals surface area contributed by atoms with Gasteiger partial charge in [0.2, 0.25) is 0 Å². The molecule has 3 rings (SSSR count). The summed E-state index contributed by atoms with van der Waals surface area (Å²) in [6.45, 7) is 1.10. The fourth-order valence-corrected chi connectivity index (χ4v) is 2.92. The van der Waals surface area contributed by atoms with E-state index in [1.807, 2.05) is 0 Å². The van der Waals surface area contributed by atoms with Crippen LogP contribution in [0, 0.1) is 5.82 Å². The molecule has 0 aliphatic heterocycles. The number of rotatable bonds is 7. The number of hydrogen-bond acceptors (Lipinski definition) is 4. The fraction of sp³-hybridized carbons (Fsp3) is 0.208. The molecule has 35 heavy (non-hydrogen) atoms. The molecule has 1 atom stereocenters. The van der Waals surface area contributed by atoms with E-state index in [4.69, 9.17) is 4.74 Å². The lowest BCUT2D eigenvalue weighted by Gasteiger charge is -2.28. The van der Waals surface area contributed by atoms with Gasteiger partial charge in [0.15, 0.2) is 5.67 Å². The van der Waals surface area contributed by atoms with E-state index in [2.05, 4.69) is 20.9 Å². The maximum atomic E-state index is 14.6. The van der Waals surface area contributed by atoms with Gasteiger partial charge in [-0.2, -0.15) is 0 Å². The van der Waals surface area contributed by atoms with Crippen LogP contribution in [0.4, 0.5) is 33.7 Å². The zero-order valence-corrected chi connectivity index (χ0v) is 19.0. The van der Waals surface area contributed by atoms with Crippen LogP contribution in [0.25, 0.3) is 0 Å². The minimum Gasteiger partial charge on any atom is -0.457 e. The minimum atomic E-state index is -3.73. The van der Waals surface area contributed by atoms with Gasteiger partial charge in [0, 0.05) is 31.9 Å². The number of ether oxygens (including phenoxy) is 1. The lowest BCUT2D eigenvalue weighted by molar-refractivity contribution is -0.119. The van der Waals surface area contributed by atoms with Gasteiger partial charge in [-0.05, 0) is 55.0 Å². The van der Waals surface area contributed by atoms with Crippen LogP contribution in [0.5, 0.6) is 11.5 Å². The van der Waals surface area contributed by atoms with Gasteiger partial charge in [-0.15, -0.1) is 0 Å². The van der Waals surface area contributed by atoms with E-state index in [9.17, 15) is 27.2 Å². The van der Waals surface area contributed by atoms with Crippen LogP contribution in [-0.4, -0.2) is 29.9 Å². The molecule has 0 spiro atoms. The average molecular weight is 490 g/mol. The van der Waals surface area contributed by atoms with Crippen LogP contribution in [0.2, 0.25) is 0 Å². The van der Waals surface area contributed by atoms with Gasteiger partial charge in [-0.3, -0.25) is 9.78 Å². The van der Waals surface area contributed by atoms with Crippen molar-refractivity contribution in [1.29, 1.82) is 0 Å². The van der Waals surface area contributed by atoms with Crippen LogP contribution in [0.3, 0.4) is 0 Å². The number of anilines is 2. The summed E-state index contributed by atoms with van der Waals surface area (Å²) in [6.07, 6.45) is 1.42. The first-order chi connectivity index (χ1) is 16.4. The smallest absolute Gasteiger partial charge is 0.323 e. The molecule has 0 fully saturated rings. The molecule has 11 heteroatoms. The molecular weight excluding hydrogens is 468 g/mol. The zero-order valence-electron chi connectivity index (χ0n) is 19.0. The predicted octanol–water partition coefficient (Wildman–Crippen LogP) is 5.86. The van der Waals surface area contributed by atoms with Gasteiger partial charge in [-0.25, -0.2) is 22.4 Å². The number of carbonyl (C=O) groups is 2. The minimum absolute atomic E-state index is 0.173. The quantitative estimate of drug-likeness (QED) is 0.362. The molecule has 3 aromatic rings. The SMILES string of the molecule is CNC(=O)c1cc(Oc2ccc(NC(=O)Nc3cc(C(C)(F)C(C)(F)F)ccc3F)cc2)ccn1. The van der Waals surface area contributed by atoms with Crippen LogP contribution in [-0.2, 0) is 5.67 Å². The van der Waals surface area contributed by atoms with Gasteiger partial charge >= 0.3 is 6.03 Å². The molecule has 0 aliphatic rings. The summed E-state index contributed by atoms with van der Waals surface area (Å²) in [4.78, 5) is 27.9. The Bertz CT molecular complexity index is 1230. The summed E-state index contributed by atoms with van der Waals surface area (Å²) in [6, 6.07) is 10.7. The Morgan fingerprint density at radius 2 is 1.60 bits per heavy atom. The number of hydrogen-bond donors (Lipinski definition) is 3. The Kier molecular flexibility index (Phi) is 7.28. The van der Waals surface area contributed by atoms with E-state index in [1.54, 1.807) is 6.07 Å². The van der Waals surface area contributed by atoms with Crippen molar-refractivity contribution in [2.24, 2.45) is 0 Å². The molecule has 0 saturated carbocycles. The normalized spacial score (nSPS) is 12.9. The molecule has 0 bridgehead atoms. The van der Waals surface area contributed by atoms with Gasteiger partial charge in [0.05, 0.1) is 5.69 Å². The standard InChI is InChI=1S/C24H22F4N4O3/c1-23(26,24(2,27)28)14-4-9-18(25)19(12-14)32-22(34)31-15-5-7-16(8-6-15)35-17-10-11-30-20(13-17)21(33)29-3/h4-13H,1-3H3,(H,29,33)(H2,31,32,34). The third-order valence-electron chi connectivity index (χ3n) is 5.12. The number of alkyl halides is 3. The van der Waals surface area contributed by atoms with Crippen molar-refractivity contribution < 1.29 is 31.9 Å². The summed E-state index contributed by atoms with van der Waals surface area (Å²) in [5, 5.41) is 7.10. The number of carbonyl (C=O) groups excluding carboxylic acids is 2. The first kappa shape index (κ1) is 25.5. The Balaban J connectivity index is 1.67. The monoisotopic (exact) mass is 490 g/mol. The molecule has 3 amide bonds. The van der Waals surface area contributed by atoms with Crippen LogP contribution in [0.15, 0.2) is 60.8 Å². The van der Waals surface area contributed by atoms with Crippen LogP contribution < -0.4 is 20.7 Å². The van der Waals surface area contributed by atoms with Gasteiger partial charge in [-0.1, -0.05) is 6.07 Å². The number of halogens is 4. The summed E-state index contributed by atoms with van der Waals surface area (Å²) in [5.41, 5.74) is -3.54. The second-order valence-corrected chi connectivity index (χ2v) is 7.75. The largest absolute Gasteiger partial charge is 0.457 e. The topological polar surface area (TPSA) is 92.4 Å². The molecule has 1 aromatic heterocycles. The second-order valence-electron chi connectivity index (χ2n) is 7.75. The predicted molar refractivity (Wildman–Crippen MR) is 122 cm³/mol. The summed E-state index contributed by atoms with van der Waals surface area (Å²) >= 11 is 0. The van der Waals surface area contributed by atoms with Crippen molar-refractivity contribution in [1.82, 2.24) is 10.3 Å². The van der Waals surface area contributed by atoms with E-state index >= 15 is 0 Å². The number of pyridine rings is 1. The second kappa shape index (κ2) is 10.00. The lowest BCUT2D eigenvalue weighted by atomic mass is 9.91. The Hall–Kier alpha value is -4.15. The number of urea groups is 1. The highest BCUT2D eigenvalue weighted by Gasteiger charge is 2.48. The van der Waals surface area contributed by atoms with Crippen molar-refractivity contribution >= 4 is 23.3 Å².